The maximum absolute atomic E-state index is 12.7. The largest absolute Gasteiger partial charge is 0.444 e. The molecule has 2 N–H and O–H groups in total. The number of allylic oxidation sites excluding steroid dienone is 3. The van der Waals surface area contributed by atoms with Crippen molar-refractivity contribution in [3.05, 3.63) is 82.6 Å². The van der Waals surface area contributed by atoms with Gasteiger partial charge in [0.25, 0.3) is 0 Å². The molecule has 218 valence electrons. The van der Waals surface area contributed by atoms with Gasteiger partial charge < -0.3 is 24.6 Å². The van der Waals surface area contributed by atoms with E-state index in [2.05, 4.69) is 34.3 Å². The third kappa shape index (κ3) is 8.22. The zero-order chi connectivity index (χ0) is 29.4. The molecular formula is C31H44ClN5O3. The summed E-state index contributed by atoms with van der Waals surface area (Å²) in [6.45, 7) is 12.3. The number of hydrogen-bond acceptors (Lipinski definition) is 6. The first kappa shape index (κ1) is 31.5. The van der Waals surface area contributed by atoms with Gasteiger partial charge in [0.2, 0.25) is 0 Å². The standard InChI is InChI=1S/C31H44ClN5O3/c1-8-24(29(38)28-20-34-21-35(28)7)26-19-23(32)11-12-25(26)27(18-22(2)10-9-13-33-6)36-14-16-37(17-15-36)30(39)40-31(3,4)5/h8-13,19-21,27,29,33,38H,14-18H2,1-7H3/b13-9-,22-10-,24-8+. The summed E-state index contributed by atoms with van der Waals surface area (Å²) in [5.74, 6) is 0. The number of carbonyl (C=O) groups is 1. The van der Waals surface area contributed by atoms with Gasteiger partial charge in [-0.05, 0) is 82.1 Å². The molecular weight excluding hydrogens is 526 g/mol. The average Bonchev–Trinajstić information content (AvgIpc) is 3.33. The van der Waals surface area contributed by atoms with Crippen molar-refractivity contribution in [2.75, 3.05) is 33.2 Å². The highest BCUT2D eigenvalue weighted by molar-refractivity contribution is 6.30. The first-order valence-corrected chi connectivity index (χ1v) is 14.1. The summed E-state index contributed by atoms with van der Waals surface area (Å²) in [7, 11) is 3.75. The first-order chi connectivity index (χ1) is 18.9. The van der Waals surface area contributed by atoms with Crippen molar-refractivity contribution in [3.63, 3.8) is 0 Å². The predicted octanol–water partition coefficient (Wildman–Crippen LogP) is 5.87. The minimum atomic E-state index is -0.866. The lowest BCUT2D eigenvalue weighted by atomic mass is 9.87. The number of aryl methyl sites for hydroxylation is 1. The fourth-order valence-electron chi connectivity index (χ4n) is 4.98. The lowest BCUT2D eigenvalue weighted by Gasteiger charge is -2.40. The van der Waals surface area contributed by atoms with Crippen molar-refractivity contribution in [2.45, 2.75) is 58.8 Å². The lowest BCUT2D eigenvalue weighted by Crippen LogP contribution is -2.51. The van der Waals surface area contributed by atoms with Crippen LogP contribution in [0.5, 0.6) is 0 Å². The van der Waals surface area contributed by atoms with Gasteiger partial charge in [-0.2, -0.15) is 0 Å². The van der Waals surface area contributed by atoms with E-state index in [4.69, 9.17) is 16.3 Å². The summed E-state index contributed by atoms with van der Waals surface area (Å²) in [6.07, 6.45) is 11.0. The van der Waals surface area contributed by atoms with Gasteiger partial charge in [0.1, 0.15) is 11.7 Å². The van der Waals surface area contributed by atoms with E-state index >= 15 is 0 Å². The van der Waals surface area contributed by atoms with Crippen LogP contribution in [0.4, 0.5) is 4.79 Å². The molecule has 8 nitrogen and oxygen atoms in total. The Kier molecular flexibility index (Phi) is 11.0. The monoisotopic (exact) mass is 569 g/mol. The smallest absolute Gasteiger partial charge is 0.410 e. The predicted molar refractivity (Wildman–Crippen MR) is 162 cm³/mol. The van der Waals surface area contributed by atoms with Crippen LogP contribution >= 0.6 is 11.6 Å². The SMILES string of the molecule is C/C=C(\c1cc(Cl)ccc1C(C/C(C)=C\C=C/NC)N1CCN(C(=O)OC(C)(C)C)CC1)C(O)c1cncn1C. The van der Waals surface area contributed by atoms with Crippen molar-refractivity contribution >= 4 is 23.3 Å². The number of imidazole rings is 1. The van der Waals surface area contributed by atoms with E-state index in [1.807, 2.05) is 76.8 Å². The lowest BCUT2D eigenvalue weighted by molar-refractivity contribution is 0.0101. The topological polar surface area (TPSA) is 82.9 Å². The molecule has 3 rings (SSSR count). The molecule has 0 saturated carbocycles. The van der Waals surface area contributed by atoms with E-state index in [1.165, 1.54) is 5.57 Å². The second-order valence-corrected chi connectivity index (χ2v) is 11.6. The quantitative estimate of drug-likeness (QED) is 0.367. The molecule has 1 saturated heterocycles. The molecule has 2 heterocycles. The molecule has 1 aromatic carbocycles. The Labute approximate surface area is 244 Å². The van der Waals surface area contributed by atoms with Crippen LogP contribution in [0.15, 0.2) is 60.7 Å². The normalized spacial score (nSPS) is 17.3. The number of carbonyl (C=O) groups excluding carboxylic acids is 1. The van der Waals surface area contributed by atoms with Gasteiger partial charge in [-0.1, -0.05) is 35.4 Å². The second kappa shape index (κ2) is 14.0. The summed E-state index contributed by atoms with van der Waals surface area (Å²) >= 11 is 6.54. The van der Waals surface area contributed by atoms with Crippen LogP contribution in [0, 0.1) is 0 Å². The van der Waals surface area contributed by atoms with E-state index in [-0.39, 0.29) is 12.1 Å². The molecule has 0 spiro atoms. The number of ether oxygens (including phenoxy) is 1. The minimum Gasteiger partial charge on any atom is -0.444 e. The van der Waals surface area contributed by atoms with Crippen LogP contribution in [0.3, 0.4) is 0 Å². The Balaban J connectivity index is 1.99. The molecule has 1 fully saturated rings. The number of halogens is 1. The third-order valence-corrected chi connectivity index (χ3v) is 7.23. The maximum Gasteiger partial charge on any atom is 0.410 e. The molecule has 1 aliphatic rings. The van der Waals surface area contributed by atoms with E-state index in [0.29, 0.717) is 36.9 Å². The van der Waals surface area contributed by atoms with Gasteiger partial charge in [-0.25, -0.2) is 9.78 Å². The van der Waals surface area contributed by atoms with Crippen molar-refractivity contribution in [2.24, 2.45) is 7.05 Å². The highest BCUT2D eigenvalue weighted by Gasteiger charge is 2.32. The number of benzene rings is 1. The number of piperazine rings is 1. The molecule has 2 aromatic rings. The summed E-state index contributed by atoms with van der Waals surface area (Å²) in [6, 6.07) is 5.92. The van der Waals surface area contributed by atoms with E-state index in [0.717, 1.165) is 23.1 Å². The summed E-state index contributed by atoms with van der Waals surface area (Å²) in [5.41, 5.74) is 4.14. The Morgan fingerprint density at radius 1 is 1.25 bits per heavy atom. The highest BCUT2D eigenvalue weighted by atomic mass is 35.5. The minimum absolute atomic E-state index is 0.000904. The Morgan fingerprint density at radius 3 is 2.52 bits per heavy atom. The van der Waals surface area contributed by atoms with Crippen molar-refractivity contribution in [1.82, 2.24) is 24.7 Å². The van der Waals surface area contributed by atoms with Crippen molar-refractivity contribution in [1.29, 1.82) is 0 Å². The third-order valence-electron chi connectivity index (χ3n) is 6.99. The van der Waals surface area contributed by atoms with Crippen LogP contribution in [0.25, 0.3) is 5.57 Å². The Morgan fingerprint density at radius 2 is 1.95 bits per heavy atom. The number of nitrogens with one attached hydrogen (secondary N) is 1. The summed E-state index contributed by atoms with van der Waals surface area (Å²) < 4.78 is 7.44. The van der Waals surface area contributed by atoms with Crippen LogP contribution in [-0.2, 0) is 11.8 Å². The number of aliphatic hydroxyl groups excluding tert-OH is 1. The van der Waals surface area contributed by atoms with Gasteiger partial charge in [0.15, 0.2) is 0 Å². The maximum atomic E-state index is 12.7. The van der Waals surface area contributed by atoms with Crippen LogP contribution in [-0.4, -0.2) is 69.4 Å². The van der Waals surface area contributed by atoms with Crippen LogP contribution in [0.2, 0.25) is 5.02 Å². The number of amides is 1. The molecule has 1 aliphatic heterocycles. The molecule has 1 amide bonds. The van der Waals surface area contributed by atoms with Gasteiger partial charge >= 0.3 is 6.09 Å². The molecule has 1 aromatic heterocycles. The van der Waals surface area contributed by atoms with E-state index in [1.54, 1.807) is 17.4 Å². The molecule has 2 atom stereocenters. The summed E-state index contributed by atoms with van der Waals surface area (Å²) in [4.78, 5) is 21.1. The zero-order valence-corrected chi connectivity index (χ0v) is 25.6. The van der Waals surface area contributed by atoms with Gasteiger partial charge in [-0.3, -0.25) is 4.90 Å². The molecule has 2 unspecified atom stereocenters. The fourth-order valence-corrected chi connectivity index (χ4v) is 5.15. The first-order valence-electron chi connectivity index (χ1n) is 13.8. The number of rotatable bonds is 9. The van der Waals surface area contributed by atoms with Crippen molar-refractivity contribution in [3.8, 4) is 0 Å². The molecule has 0 aliphatic carbocycles. The molecule has 40 heavy (non-hydrogen) atoms. The number of hydrogen-bond donors (Lipinski definition) is 2. The van der Waals surface area contributed by atoms with E-state index < -0.39 is 11.7 Å². The van der Waals surface area contributed by atoms with Gasteiger partial charge in [0, 0.05) is 51.3 Å². The van der Waals surface area contributed by atoms with E-state index in [9.17, 15) is 9.90 Å². The number of aliphatic hydroxyl groups is 1. The highest BCUT2D eigenvalue weighted by Crippen LogP contribution is 2.39. The zero-order valence-electron chi connectivity index (χ0n) is 24.8. The Bertz CT molecular complexity index is 1240. The van der Waals surface area contributed by atoms with Gasteiger partial charge in [-0.15, -0.1) is 0 Å². The Hall–Kier alpha value is -3.07. The average molecular weight is 570 g/mol. The molecule has 0 bridgehead atoms. The molecule has 9 heteroatoms. The summed E-state index contributed by atoms with van der Waals surface area (Å²) in [5, 5.41) is 15.1. The van der Waals surface area contributed by atoms with Crippen molar-refractivity contribution < 1.29 is 14.6 Å². The van der Waals surface area contributed by atoms with Crippen LogP contribution < -0.4 is 5.32 Å². The fraction of sp³-hybridized carbons (Fsp3) is 0.484. The number of aromatic nitrogens is 2. The molecule has 0 radical (unpaired) electrons. The van der Waals surface area contributed by atoms with Crippen LogP contribution in [0.1, 0.15) is 70.0 Å². The number of nitrogens with zero attached hydrogens (tertiary/aromatic N) is 4. The van der Waals surface area contributed by atoms with Gasteiger partial charge in [0.05, 0.1) is 18.2 Å². The second-order valence-electron chi connectivity index (χ2n) is 11.2.